The van der Waals surface area contributed by atoms with Gasteiger partial charge in [0.15, 0.2) is 0 Å². The number of aliphatic hydroxyl groups excluding tert-OH is 1. The van der Waals surface area contributed by atoms with Crippen LogP contribution in [0, 0.1) is 11.8 Å². The van der Waals surface area contributed by atoms with Crippen LogP contribution < -0.4 is 10.6 Å². The smallest absolute Gasteiger partial charge is 0.388 e. The number of hydrogen-bond acceptors (Lipinski definition) is 8. The molecule has 0 saturated carbocycles. The molecule has 6 N–H and O–H groups in total. The van der Waals surface area contributed by atoms with Gasteiger partial charge in [0.1, 0.15) is 6.10 Å². The molecule has 0 aliphatic rings. The second-order valence-electron chi connectivity index (χ2n) is 10.5. The van der Waals surface area contributed by atoms with Crippen molar-refractivity contribution >= 4 is 22.2 Å². The van der Waals surface area contributed by atoms with E-state index in [1.54, 1.807) is 6.92 Å². The molecule has 4 atom stereocenters. The molecule has 0 aliphatic carbocycles. The number of rotatable bonds is 16. The van der Waals surface area contributed by atoms with Gasteiger partial charge < -0.3 is 26.0 Å². The third-order valence-corrected chi connectivity index (χ3v) is 5.70. The van der Waals surface area contributed by atoms with Crippen molar-refractivity contribution in [1.82, 2.24) is 10.6 Å². The second-order valence-corrected chi connectivity index (χ2v) is 11.6. The molecule has 0 aromatic heterocycles. The van der Waals surface area contributed by atoms with Crippen LogP contribution in [0.3, 0.4) is 0 Å². The summed E-state index contributed by atoms with van der Waals surface area (Å²) < 4.78 is 35.0. The predicted molar refractivity (Wildman–Crippen MR) is 145 cm³/mol. The monoisotopic (exact) mass is 558 g/mol. The summed E-state index contributed by atoms with van der Waals surface area (Å²) in [4.78, 5) is 22.6. The molecule has 2 amide bonds. The van der Waals surface area contributed by atoms with Crippen LogP contribution in [0.15, 0.2) is 0 Å². The van der Waals surface area contributed by atoms with Crippen molar-refractivity contribution in [3.05, 3.63) is 0 Å². The van der Waals surface area contributed by atoms with Gasteiger partial charge in [-0.2, -0.15) is 8.42 Å². The summed E-state index contributed by atoms with van der Waals surface area (Å²) in [6.07, 6.45) is 0.789. The van der Waals surface area contributed by atoms with E-state index in [-0.39, 0.29) is 44.7 Å². The Bertz CT molecular complexity index is 738. The van der Waals surface area contributed by atoms with Crippen LogP contribution in [-0.2, 0) is 24.2 Å². The Morgan fingerprint density at radius 3 is 1.57 bits per heavy atom. The van der Waals surface area contributed by atoms with E-state index in [0.717, 1.165) is 6.42 Å². The molecule has 0 aromatic carbocycles. The fraction of sp³-hybridized carbons (Fsp3) is 0.920. The van der Waals surface area contributed by atoms with Crippen LogP contribution in [0.25, 0.3) is 0 Å². The lowest BCUT2D eigenvalue weighted by molar-refractivity contribution is -0.123. The lowest BCUT2D eigenvalue weighted by atomic mass is 9.89. The van der Waals surface area contributed by atoms with Gasteiger partial charge in [-0.1, -0.05) is 49.0 Å². The SMILES string of the molecule is C.CCCC(=O)NCC(O)C(C)(O)CC(C)C.CCCC(=O)NCC(OS(=O)(=O)O)C(C)(O)CC(C)C. The molecule has 4 unspecified atom stereocenters. The first-order valence-corrected chi connectivity index (χ1v) is 14.0. The van der Waals surface area contributed by atoms with Gasteiger partial charge in [0.2, 0.25) is 11.8 Å². The average molecular weight is 559 g/mol. The van der Waals surface area contributed by atoms with Crippen molar-refractivity contribution in [2.75, 3.05) is 13.1 Å². The van der Waals surface area contributed by atoms with Crippen molar-refractivity contribution in [1.29, 1.82) is 0 Å². The Balaban J connectivity index is -0.000000623. The normalized spacial score (nSPS) is 16.4. The third kappa shape index (κ3) is 21.3. The van der Waals surface area contributed by atoms with E-state index in [9.17, 15) is 33.3 Å². The van der Waals surface area contributed by atoms with Gasteiger partial charge in [0.05, 0.1) is 17.3 Å². The summed E-state index contributed by atoms with van der Waals surface area (Å²) in [7, 11) is -4.71. The molecule has 0 heterocycles. The van der Waals surface area contributed by atoms with Crippen molar-refractivity contribution in [3.63, 3.8) is 0 Å². The number of hydrogen-bond donors (Lipinski definition) is 6. The first-order chi connectivity index (χ1) is 16.3. The molecule has 0 spiro atoms. The van der Waals surface area contributed by atoms with E-state index in [1.165, 1.54) is 6.92 Å². The summed E-state index contributed by atoms with van der Waals surface area (Å²) in [6.45, 7) is 14.4. The van der Waals surface area contributed by atoms with E-state index < -0.39 is 33.8 Å². The van der Waals surface area contributed by atoms with E-state index in [0.29, 0.717) is 31.6 Å². The maximum atomic E-state index is 11.4. The number of carbonyl (C=O) groups is 2. The highest BCUT2D eigenvalue weighted by Crippen LogP contribution is 2.23. The zero-order valence-corrected chi connectivity index (χ0v) is 24.0. The maximum absolute atomic E-state index is 11.4. The van der Waals surface area contributed by atoms with Crippen molar-refractivity contribution in [2.45, 2.75) is 125 Å². The Hall–Kier alpha value is -1.31. The molecule has 0 bridgehead atoms. The molecule has 0 aromatic rings. The van der Waals surface area contributed by atoms with Crippen LogP contribution in [0.2, 0.25) is 0 Å². The summed E-state index contributed by atoms with van der Waals surface area (Å²) >= 11 is 0. The molecule has 12 heteroatoms. The maximum Gasteiger partial charge on any atom is 0.397 e. The molecule has 0 rings (SSSR count). The van der Waals surface area contributed by atoms with Gasteiger partial charge in [0.25, 0.3) is 0 Å². The minimum absolute atomic E-state index is 0. The molecule has 0 fully saturated rings. The van der Waals surface area contributed by atoms with Crippen molar-refractivity contribution in [3.8, 4) is 0 Å². The fourth-order valence-corrected chi connectivity index (χ4v) is 4.26. The van der Waals surface area contributed by atoms with Gasteiger partial charge in [-0.25, -0.2) is 4.18 Å². The van der Waals surface area contributed by atoms with Gasteiger partial charge in [-0.3, -0.25) is 14.1 Å². The zero-order valence-electron chi connectivity index (χ0n) is 23.2. The highest BCUT2D eigenvalue weighted by Gasteiger charge is 2.37. The Morgan fingerprint density at radius 2 is 1.22 bits per heavy atom. The second kappa shape index (κ2) is 18.9. The molecular formula is C25H54N2O9S. The first-order valence-electron chi connectivity index (χ1n) is 12.6. The van der Waals surface area contributed by atoms with Gasteiger partial charge in [0, 0.05) is 25.9 Å². The first kappa shape index (κ1) is 40.2. The number of aliphatic hydroxyl groups is 3. The quantitative estimate of drug-likeness (QED) is 0.155. The highest BCUT2D eigenvalue weighted by molar-refractivity contribution is 7.80. The van der Waals surface area contributed by atoms with Gasteiger partial charge in [-0.15, -0.1) is 0 Å². The minimum atomic E-state index is -4.71. The van der Waals surface area contributed by atoms with E-state index in [4.69, 9.17) is 4.55 Å². The Kier molecular flexibility index (Phi) is 20.5. The molecule has 224 valence electrons. The average Bonchev–Trinajstić information content (AvgIpc) is 2.67. The third-order valence-electron chi connectivity index (χ3n) is 5.22. The van der Waals surface area contributed by atoms with Crippen LogP contribution in [0.4, 0.5) is 0 Å². The zero-order chi connectivity index (χ0) is 28.7. The summed E-state index contributed by atoms with van der Waals surface area (Å²) in [6, 6.07) is 0. The highest BCUT2D eigenvalue weighted by atomic mass is 32.3. The summed E-state index contributed by atoms with van der Waals surface area (Å²) in [5.74, 6) is 0.0403. The Morgan fingerprint density at radius 1 is 0.838 bits per heavy atom. The van der Waals surface area contributed by atoms with E-state index in [1.807, 2.05) is 41.5 Å². The van der Waals surface area contributed by atoms with Crippen molar-refractivity contribution in [2.24, 2.45) is 11.8 Å². The van der Waals surface area contributed by atoms with Gasteiger partial charge >= 0.3 is 10.4 Å². The number of amides is 2. The largest absolute Gasteiger partial charge is 0.397 e. The summed E-state index contributed by atoms with van der Waals surface area (Å²) in [5, 5.41) is 35.2. The predicted octanol–water partition coefficient (Wildman–Crippen LogP) is 2.58. The molecule has 0 saturated heterocycles. The fourth-order valence-electron chi connectivity index (χ4n) is 3.69. The number of carbonyl (C=O) groups excluding carboxylic acids is 2. The Labute approximate surface area is 224 Å². The van der Waals surface area contributed by atoms with E-state index in [2.05, 4.69) is 14.8 Å². The lowest BCUT2D eigenvalue weighted by Crippen LogP contribution is -2.49. The standard InChI is InChI=1S/C12H25NO6S.C12H25NO3.CH4/c1-5-6-11(14)13-8-10(19-20(16,17)18)12(4,15)7-9(2)3;1-5-6-11(15)13-8-10(14)12(4,16)7-9(2)3;/h9-10,15H,5-8H2,1-4H3,(H,13,14)(H,16,17,18);9-10,14,16H,5-8H2,1-4H3,(H,13,15);1H4. The molecule has 11 nitrogen and oxygen atoms in total. The molecule has 0 radical (unpaired) electrons. The minimum Gasteiger partial charge on any atom is -0.388 e. The topological polar surface area (TPSA) is 182 Å². The van der Waals surface area contributed by atoms with Crippen molar-refractivity contribution < 1.29 is 42.1 Å². The van der Waals surface area contributed by atoms with Crippen LogP contribution in [0.5, 0.6) is 0 Å². The molecular weight excluding hydrogens is 504 g/mol. The molecule has 37 heavy (non-hydrogen) atoms. The number of nitrogens with one attached hydrogen (secondary N) is 2. The van der Waals surface area contributed by atoms with Crippen LogP contribution in [0.1, 0.15) is 101 Å². The van der Waals surface area contributed by atoms with Gasteiger partial charge in [-0.05, 0) is 51.4 Å². The lowest BCUT2D eigenvalue weighted by Gasteiger charge is -2.33. The molecule has 0 aliphatic heterocycles. The van der Waals surface area contributed by atoms with Crippen LogP contribution in [-0.4, -0.2) is 76.6 Å². The van der Waals surface area contributed by atoms with E-state index >= 15 is 0 Å². The summed E-state index contributed by atoms with van der Waals surface area (Å²) in [5.41, 5.74) is -2.64. The van der Waals surface area contributed by atoms with Crippen LogP contribution >= 0.6 is 0 Å².